The van der Waals surface area contributed by atoms with Crippen molar-refractivity contribution in [3.05, 3.63) is 77.1 Å². The van der Waals surface area contributed by atoms with Crippen LogP contribution in [0.1, 0.15) is 41.0 Å². The summed E-state index contributed by atoms with van der Waals surface area (Å²) >= 11 is 0. The molecule has 0 radical (unpaired) electrons. The molecule has 3 aromatic rings. The highest BCUT2D eigenvalue weighted by atomic mass is 32.2. The number of nitrogens with zero attached hydrogens (tertiary/aromatic N) is 3. The van der Waals surface area contributed by atoms with Crippen LogP contribution in [0.4, 0.5) is 0 Å². The molecule has 0 saturated heterocycles. The Morgan fingerprint density at radius 2 is 1.86 bits per heavy atom. The fourth-order valence-electron chi connectivity index (χ4n) is 4.07. The lowest BCUT2D eigenvalue weighted by Crippen LogP contribution is -2.35. The van der Waals surface area contributed by atoms with Crippen LogP contribution in [0.15, 0.2) is 59.9 Å². The van der Waals surface area contributed by atoms with Gasteiger partial charge in [0, 0.05) is 25.8 Å². The lowest BCUT2D eigenvalue weighted by atomic mass is 10.1. The summed E-state index contributed by atoms with van der Waals surface area (Å²) in [6.45, 7) is 7.36. The van der Waals surface area contributed by atoms with Crippen LogP contribution in [-0.2, 0) is 33.4 Å². The molecule has 2 aromatic carbocycles. The number of benzene rings is 2. The molecular weight excluding hydrogens is 478 g/mol. The number of methoxy groups -OCH3 is 2. The second-order valence-corrected chi connectivity index (χ2v) is 11.1. The molecule has 1 aromatic heterocycles. The zero-order valence-electron chi connectivity index (χ0n) is 21.6. The predicted molar refractivity (Wildman–Crippen MR) is 139 cm³/mol. The van der Waals surface area contributed by atoms with E-state index < -0.39 is 9.84 Å². The van der Waals surface area contributed by atoms with Gasteiger partial charge in [0.1, 0.15) is 5.75 Å². The Balaban J connectivity index is 1.96. The smallest absolute Gasteiger partial charge is 0.254 e. The Kier molecular flexibility index (Phi) is 9.28. The van der Waals surface area contributed by atoms with E-state index in [-0.39, 0.29) is 29.3 Å². The van der Waals surface area contributed by atoms with Gasteiger partial charge in [0.05, 0.1) is 37.9 Å². The Labute approximate surface area is 213 Å². The molecule has 0 unspecified atom stereocenters. The van der Waals surface area contributed by atoms with Gasteiger partial charge in [-0.05, 0) is 42.2 Å². The summed E-state index contributed by atoms with van der Waals surface area (Å²) in [5.41, 5.74) is 2.77. The van der Waals surface area contributed by atoms with E-state index in [2.05, 4.69) is 4.98 Å². The molecule has 0 bridgehead atoms. The minimum absolute atomic E-state index is 0.0368. The SMILES string of the molecule is COCCn1c(CN(CC(C)C)C(=O)c2ccccc2C)cnc1S(=O)(=O)Cc1cccc(OC)c1. The number of hydrogen-bond acceptors (Lipinski definition) is 6. The lowest BCUT2D eigenvalue weighted by Gasteiger charge is -2.26. The quantitative estimate of drug-likeness (QED) is 0.362. The molecular formula is C27H35N3O5S. The van der Waals surface area contributed by atoms with Gasteiger partial charge in [-0.3, -0.25) is 4.79 Å². The van der Waals surface area contributed by atoms with Gasteiger partial charge in [-0.2, -0.15) is 0 Å². The minimum atomic E-state index is -3.78. The van der Waals surface area contributed by atoms with E-state index in [0.29, 0.717) is 42.3 Å². The number of carbonyl (C=O) groups excluding carboxylic acids is 1. The first kappa shape index (κ1) is 27.4. The largest absolute Gasteiger partial charge is 0.497 e. The van der Waals surface area contributed by atoms with E-state index in [1.807, 2.05) is 45.0 Å². The van der Waals surface area contributed by atoms with Crippen LogP contribution in [0, 0.1) is 12.8 Å². The molecule has 1 heterocycles. The highest BCUT2D eigenvalue weighted by Crippen LogP contribution is 2.22. The van der Waals surface area contributed by atoms with Crippen LogP contribution >= 0.6 is 0 Å². The zero-order chi connectivity index (χ0) is 26.3. The van der Waals surface area contributed by atoms with E-state index in [0.717, 1.165) is 5.56 Å². The number of sulfone groups is 1. The third-order valence-electron chi connectivity index (χ3n) is 5.79. The number of aromatic nitrogens is 2. The van der Waals surface area contributed by atoms with Gasteiger partial charge in [0.25, 0.3) is 5.91 Å². The summed E-state index contributed by atoms with van der Waals surface area (Å²) in [5, 5.41) is -0.0368. The molecule has 36 heavy (non-hydrogen) atoms. The number of carbonyl (C=O) groups is 1. The fourth-order valence-corrected chi connectivity index (χ4v) is 5.58. The Bertz CT molecular complexity index is 1280. The van der Waals surface area contributed by atoms with E-state index >= 15 is 0 Å². The van der Waals surface area contributed by atoms with Gasteiger partial charge < -0.3 is 18.9 Å². The van der Waals surface area contributed by atoms with Gasteiger partial charge in [0.15, 0.2) is 0 Å². The van der Waals surface area contributed by atoms with Crippen LogP contribution < -0.4 is 4.74 Å². The molecule has 0 fully saturated rings. The maximum absolute atomic E-state index is 13.5. The highest BCUT2D eigenvalue weighted by molar-refractivity contribution is 7.90. The van der Waals surface area contributed by atoms with Crippen molar-refractivity contribution in [3.8, 4) is 5.75 Å². The average molecular weight is 514 g/mol. The molecule has 0 N–H and O–H groups in total. The fraction of sp³-hybridized carbons (Fsp3) is 0.407. The van der Waals surface area contributed by atoms with Crippen LogP contribution in [0.25, 0.3) is 0 Å². The molecule has 0 spiro atoms. The summed E-state index contributed by atoms with van der Waals surface area (Å²) in [6, 6.07) is 14.4. The van der Waals surface area contributed by atoms with E-state index in [1.165, 1.54) is 0 Å². The van der Waals surface area contributed by atoms with Gasteiger partial charge in [-0.15, -0.1) is 0 Å². The lowest BCUT2D eigenvalue weighted by molar-refractivity contribution is 0.0716. The van der Waals surface area contributed by atoms with Gasteiger partial charge in [0.2, 0.25) is 15.0 Å². The summed E-state index contributed by atoms with van der Waals surface area (Å²) in [7, 11) is -0.676. The minimum Gasteiger partial charge on any atom is -0.497 e. The standard InChI is InChI=1S/C27H35N3O5S/c1-20(2)17-29(26(31)25-12-7-6-9-21(25)3)18-23-16-28-27(30(23)13-14-34-4)36(32,33)19-22-10-8-11-24(15-22)35-5/h6-12,15-16,20H,13-14,17-19H2,1-5H3. The Hall–Kier alpha value is -3.17. The van der Waals surface area contributed by atoms with Crippen LogP contribution in [-0.4, -0.2) is 56.1 Å². The van der Waals surface area contributed by atoms with Crippen LogP contribution in [0.3, 0.4) is 0 Å². The Morgan fingerprint density at radius 1 is 1.11 bits per heavy atom. The van der Waals surface area contributed by atoms with Gasteiger partial charge in [-0.1, -0.05) is 44.2 Å². The van der Waals surface area contributed by atoms with E-state index in [9.17, 15) is 13.2 Å². The molecule has 0 aliphatic heterocycles. The summed E-state index contributed by atoms with van der Waals surface area (Å²) in [4.78, 5) is 19.5. The summed E-state index contributed by atoms with van der Waals surface area (Å²) in [5.74, 6) is 0.502. The monoisotopic (exact) mass is 513 g/mol. The third kappa shape index (κ3) is 6.73. The highest BCUT2D eigenvalue weighted by Gasteiger charge is 2.26. The van der Waals surface area contributed by atoms with Crippen molar-refractivity contribution in [2.75, 3.05) is 27.4 Å². The van der Waals surface area contributed by atoms with Crippen molar-refractivity contribution in [2.45, 2.75) is 44.8 Å². The van der Waals surface area contributed by atoms with Crippen molar-refractivity contribution in [1.29, 1.82) is 0 Å². The number of imidazole rings is 1. The molecule has 3 rings (SSSR count). The van der Waals surface area contributed by atoms with Gasteiger partial charge >= 0.3 is 0 Å². The molecule has 194 valence electrons. The molecule has 0 aliphatic carbocycles. The maximum Gasteiger partial charge on any atom is 0.254 e. The molecule has 1 amide bonds. The number of hydrogen-bond donors (Lipinski definition) is 0. The number of aryl methyl sites for hydroxylation is 1. The predicted octanol–water partition coefficient (Wildman–Crippen LogP) is 4.12. The number of rotatable bonds is 12. The van der Waals surface area contributed by atoms with Crippen LogP contribution in [0.5, 0.6) is 5.75 Å². The molecule has 8 nitrogen and oxygen atoms in total. The molecule has 0 atom stereocenters. The number of amides is 1. The summed E-state index contributed by atoms with van der Waals surface area (Å²) in [6.07, 6.45) is 1.55. The zero-order valence-corrected chi connectivity index (χ0v) is 22.4. The van der Waals surface area contributed by atoms with E-state index in [4.69, 9.17) is 9.47 Å². The topological polar surface area (TPSA) is 90.7 Å². The second kappa shape index (κ2) is 12.2. The first-order chi connectivity index (χ1) is 17.2. The summed E-state index contributed by atoms with van der Waals surface area (Å²) < 4.78 is 39.0. The van der Waals surface area contributed by atoms with Crippen LogP contribution in [0.2, 0.25) is 0 Å². The van der Waals surface area contributed by atoms with Crippen molar-refractivity contribution in [1.82, 2.24) is 14.5 Å². The number of ether oxygens (including phenoxy) is 2. The first-order valence-electron chi connectivity index (χ1n) is 11.9. The second-order valence-electron chi connectivity index (χ2n) is 9.18. The molecule has 0 aliphatic rings. The third-order valence-corrected chi connectivity index (χ3v) is 7.39. The van der Waals surface area contributed by atoms with Crippen molar-refractivity contribution in [2.24, 2.45) is 5.92 Å². The maximum atomic E-state index is 13.5. The molecule has 0 saturated carbocycles. The Morgan fingerprint density at radius 3 is 2.53 bits per heavy atom. The van der Waals surface area contributed by atoms with Crippen molar-refractivity contribution < 1.29 is 22.7 Å². The first-order valence-corrected chi connectivity index (χ1v) is 13.6. The van der Waals surface area contributed by atoms with Crippen molar-refractivity contribution in [3.63, 3.8) is 0 Å². The average Bonchev–Trinajstić information content (AvgIpc) is 3.25. The van der Waals surface area contributed by atoms with Gasteiger partial charge in [-0.25, -0.2) is 13.4 Å². The van der Waals surface area contributed by atoms with Crippen molar-refractivity contribution >= 4 is 15.7 Å². The molecule has 9 heteroatoms. The normalized spacial score (nSPS) is 11.6. The van der Waals surface area contributed by atoms with E-state index in [1.54, 1.807) is 54.1 Å².